The molecule has 0 amide bonds. The third-order valence-corrected chi connectivity index (χ3v) is 2.38. The maximum Gasteiger partial charge on any atom is 0.149 e. The van der Waals surface area contributed by atoms with E-state index in [9.17, 15) is 0 Å². The molecular formula is C11H21N5. The summed E-state index contributed by atoms with van der Waals surface area (Å²) in [5, 5.41) is 0. The van der Waals surface area contributed by atoms with Gasteiger partial charge in [-0.2, -0.15) is 0 Å². The minimum atomic E-state index is 0.476. The average Bonchev–Trinajstić information content (AvgIpc) is 2.24. The summed E-state index contributed by atoms with van der Waals surface area (Å²) in [6.45, 7) is 5.09. The fourth-order valence-electron chi connectivity index (χ4n) is 1.54. The van der Waals surface area contributed by atoms with Crippen LogP contribution >= 0.6 is 0 Å². The fraction of sp³-hybridized carbons (Fsp3) is 0.636. The maximum atomic E-state index is 5.62. The SMILES string of the molecule is CCN(CCCN(C)C)c1cncc(N)n1. The molecule has 0 saturated heterocycles. The van der Waals surface area contributed by atoms with E-state index >= 15 is 0 Å². The highest BCUT2D eigenvalue weighted by molar-refractivity contribution is 5.41. The number of nitrogen functional groups attached to an aromatic ring is 1. The fourth-order valence-corrected chi connectivity index (χ4v) is 1.54. The first kappa shape index (κ1) is 12.7. The summed E-state index contributed by atoms with van der Waals surface area (Å²) in [5.41, 5.74) is 5.62. The van der Waals surface area contributed by atoms with Crippen molar-refractivity contribution in [2.45, 2.75) is 13.3 Å². The average molecular weight is 223 g/mol. The lowest BCUT2D eigenvalue weighted by Gasteiger charge is -2.22. The molecule has 90 valence electrons. The molecule has 0 aliphatic rings. The molecule has 5 heteroatoms. The van der Waals surface area contributed by atoms with E-state index in [1.165, 1.54) is 0 Å². The van der Waals surface area contributed by atoms with E-state index < -0.39 is 0 Å². The molecule has 0 aromatic carbocycles. The molecule has 0 spiro atoms. The normalized spacial score (nSPS) is 10.8. The van der Waals surface area contributed by atoms with Crippen LogP contribution in [0.15, 0.2) is 12.4 Å². The molecule has 0 aliphatic heterocycles. The van der Waals surface area contributed by atoms with Crippen molar-refractivity contribution in [3.63, 3.8) is 0 Å². The first-order chi connectivity index (χ1) is 7.63. The van der Waals surface area contributed by atoms with E-state index in [4.69, 9.17) is 5.73 Å². The van der Waals surface area contributed by atoms with Gasteiger partial charge in [0.15, 0.2) is 0 Å². The number of nitrogens with zero attached hydrogens (tertiary/aromatic N) is 4. The lowest BCUT2D eigenvalue weighted by Crippen LogP contribution is -2.28. The lowest BCUT2D eigenvalue weighted by atomic mass is 10.3. The van der Waals surface area contributed by atoms with Gasteiger partial charge in [0.05, 0.1) is 12.4 Å². The zero-order chi connectivity index (χ0) is 12.0. The van der Waals surface area contributed by atoms with Gasteiger partial charge in [-0.25, -0.2) is 4.98 Å². The highest BCUT2D eigenvalue weighted by atomic mass is 15.2. The molecular weight excluding hydrogens is 202 g/mol. The summed E-state index contributed by atoms with van der Waals surface area (Å²) in [7, 11) is 4.16. The summed E-state index contributed by atoms with van der Waals surface area (Å²) in [4.78, 5) is 12.7. The van der Waals surface area contributed by atoms with Crippen LogP contribution in [0.5, 0.6) is 0 Å². The van der Waals surface area contributed by atoms with Crippen molar-refractivity contribution in [2.75, 3.05) is 44.4 Å². The van der Waals surface area contributed by atoms with E-state index in [0.29, 0.717) is 5.82 Å². The second-order valence-electron chi connectivity index (χ2n) is 4.04. The number of rotatable bonds is 6. The molecule has 0 aliphatic carbocycles. The van der Waals surface area contributed by atoms with Gasteiger partial charge in [0.1, 0.15) is 11.6 Å². The molecule has 0 saturated carbocycles. The van der Waals surface area contributed by atoms with Crippen LogP contribution in [-0.2, 0) is 0 Å². The Balaban J connectivity index is 2.53. The van der Waals surface area contributed by atoms with E-state index in [2.05, 4.69) is 40.8 Å². The molecule has 1 aromatic heterocycles. The molecule has 1 rings (SSSR count). The summed E-state index contributed by atoms with van der Waals surface area (Å²) in [6, 6.07) is 0. The summed E-state index contributed by atoms with van der Waals surface area (Å²) < 4.78 is 0. The maximum absolute atomic E-state index is 5.62. The molecule has 0 unspecified atom stereocenters. The Bertz CT molecular complexity index is 313. The van der Waals surface area contributed by atoms with Gasteiger partial charge in [-0.1, -0.05) is 0 Å². The largest absolute Gasteiger partial charge is 0.382 e. The standard InChI is InChI=1S/C11H21N5/c1-4-16(7-5-6-15(2)3)11-9-13-8-10(12)14-11/h8-9H,4-7H2,1-3H3,(H2,12,14). The van der Waals surface area contributed by atoms with Crippen LogP contribution in [-0.4, -0.2) is 48.6 Å². The van der Waals surface area contributed by atoms with Gasteiger partial charge in [0.2, 0.25) is 0 Å². The third-order valence-electron chi connectivity index (χ3n) is 2.38. The predicted molar refractivity (Wildman–Crippen MR) is 67.5 cm³/mol. The lowest BCUT2D eigenvalue weighted by molar-refractivity contribution is 0.400. The monoisotopic (exact) mass is 223 g/mol. The Kier molecular flexibility index (Phi) is 4.98. The van der Waals surface area contributed by atoms with E-state index in [0.717, 1.165) is 31.9 Å². The molecule has 1 heterocycles. The van der Waals surface area contributed by atoms with Crippen molar-refractivity contribution < 1.29 is 0 Å². The summed E-state index contributed by atoms with van der Waals surface area (Å²) in [5.74, 6) is 1.34. The molecule has 1 aromatic rings. The van der Waals surface area contributed by atoms with Crippen LogP contribution in [0, 0.1) is 0 Å². The van der Waals surface area contributed by atoms with Gasteiger partial charge in [-0.3, -0.25) is 4.98 Å². The molecule has 2 N–H and O–H groups in total. The Morgan fingerprint density at radius 2 is 2.00 bits per heavy atom. The van der Waals surface area contributed by atoms with E-state index in [-0.39, 0.29) is 0 Å². The van der Waals surface area contributed by atoms with Crippen molar-refractivity contribution >= 4 is 11.6 Å². The smallest absolute Gasteiger partial charge is 0.149 e. The molecule has 0 fully saturated rings. The minimum absolute atomic E-state index is 0.476. The molecule has 5 nitrogen and oxygen atoms in total. The van der Waals surface area contributed by atoms with Crippen molar-refractivity contribution in [3.8, 4) is 0 Å². The van der Waals surface area contributed by atoms with Crippen LogP contribution in [0.2, 0.25) is 0 Å². The number of aromatic nitrogens is 2. The second kappa shape index (κ2) is 6.27. The Hall–Kier alpha value is -1.36. The van der Waals surface area contributed by atoms with Crippen molar-refractivity contribution in [1.29, 1.82) is 0 Å². The first-order valence-corrected chi connectivity index (χ1v) is 5.60. The van der Waals surface area contributed by atoms with E-state index in [1.807, 2.05) is 0 Å². The van der Waals surface area contributed by atoms with Gasteiger partial charge in [0, 0.05) is 13.1 Å². The van der Waals surface area contributed by atoms with Crippen molar-refractivity contribution in [3.05, 3.63) is 12.4 Å². The quantitative estimate of drug-likeness (QED) is 0.774. The highest BCUT2D eigenvalue weighted by Crippen LogP contribution is 2.10. The molecule has 0 bridgehead atoms. The topological polar surface area (TPSA) is 58.3 Å². The highest BCUT2D eigenvalue weighted by Gasteiger charge is 2.06. The summed E-state index contributed by atoms with van der Waals surface area (Å²) in [6.07, 6.45) is 4.43. The Morgan fingerprint density at radius 1 is 1.25 bits per heavy atom. The second-order valence-corrected chi connectivity index (χ2v) is 4.04. The van der Waals surface area contributed by atoms with E-state index in [1.54, 1.807) is 12.4 Å². The number of anilines is 2. The molecule has 0 atom stereocenters. The Morgan fingerprint density at radius 3 is 2.56 bits per heavy atom. The molecule has 16 heavy (non-hydrogen) atoms. The van der Waals surface area contributed by atoms with Crippen LogP contribution in [0.4, 0.5) is 11.6 Å². The zero-order valence-electron chi connectivity index (χ0n) is 10.3. The van der Waals surface area contributed by atoms with Gasteiger partial charge >= 0.3 is 0 Å². The van der Waals surface area contributed by atoms with Gasteiger partial charge in [-0.05, 0) is 34.0 Å². The van der Waals surface area contributed by atoms with Crippen molar-refractivity contribution in [1.82, 2.24) is 14.9 Å². The predicted octanol–water partition coefficient (Wildman–Crippen LogP) is 0.837. The van der Waals surface area contributed by atoms with Gasteiger partial charge < -0.3 is 15.5 Å². The third kappa shape index (κ3) is 4.02. The number of nitrogens with two attached hydrogens (primary N) is 1. The van der Waals surface area contributed by atoms with Gasteiger partial charge in [-0.15, -0.1) is 0 Å². The Labute approximate surface area is 97.3 Å². The minimum Gasteiger partial charge on any atom is -0.382 e. The zero-order valence-corrected chi connectivity index (χ0v) is 10.3. The first-order valence-electron chi connectivity index (χ1n) is 5.60. The van der Waals surface area contributed by atoms with Crippen LogP contribution in [0.25, 0.3) is 0 Å². The summed E-state index contributed by atoms with van der Waals surface area (Å²) >= 11 is 0. The van der Waals surface area contributed by atoms with Crippen LogP contribution in [0.3, 0.4) is 0 Å². The number of hydrogen-bond donors (Lipinski definition) is 1. The van der Waals surface area contributed by atoms with Crippen LogP contribution in [0.1, 0.15) is 13.3 Å². The number of hydrogen-bond acceptors (Lipinski definition) is 5. The van der Waals surface area contributed by atoms with Gasteiger partial charge in [0.25, 0.3) is 0 Å². The van der Waals surface area contributed by atoms with Crippen molar-refractivity contribution in [2.24, 2.45) is 0 Å². The van der Waals surface area contributed by atoms with Crippen LogP contribution < -0.4 is 10.6 Å². The molecule has 0 radical (unpaired) electrons.